The monoisotopic (exact) mass is 222 g/mol. The highest BCUT2D eigenvalue weighted by molar-refractivity contribution is 6.28. The van der Waals surface area contributed by atoms with Crippen LogP contribution in [-0.2, 0) is 12.8 Å². The van der Waals surface area contributed by atoms with Gasteiger partial charge in [0, 0.05) is 6.42 Å². The van der Waals surface area contributed by atoms with Crippen LogP contribution in [0.15, 0.2) is 28.8 Å². The Morgan fingerprint density at radius 1 is 1.20 bits per heavy atom. The molecule has 0 bridgehead atoms. The van der Waals surface area contributed by atoms with Crippen molar-refractivity contribution in [3.63, 3.8) is 0 Å². The van der Waals surface area contributed by atoms with Gasteiger partial charge in [0.15, 0.2) is 0 Å². The fraction of sp³-hybridized carbons (Fsp3) is 0.273. The van der Waals surface area contributed by atoms with E-state index in [0.717, 1.165) is 12.8 Å². The second-order valence-electron chi connectivity index (χ2n) is 3.44. The molecule has 0 aliphatic carbocycles. The third kappa shape index (κ3) is 2.80. The van der Waals surface area contributed by atoms with Gasteiger partial charge in [0.25, 0.3) is 5.28 Å². The molecular formula is C11H11ClN2O. The van der Waals surface area contributed by atoms with Crippen molar-refractivity contribution in [1.29, 1.82) is 0 Å². The Labute approximate surface area is 93.1 Å². The van der Waals surface area contributed by atoms with Crippen LogP contribution in [0.5, 0.6) is 0 Å². The van der Waals surface area contributed by atoms with Crippen molar-refractivity contribution < 1.29 is 4.52 Å². The first-order chi connectivity index (χ1) is 7.24. The van der Waals surface area contributed by atoms with Crippen molar-refractivity contribution in [2.45, 2.75) is 19.8 Å². The number of hydrogen-bond acceptors (Lipinski definition) is 3. The Morgan fingerprint density at radius 3 is 2.53 bits per heavy atom. The maximum Gasteiger partial charge on any atom is 0.263 e. The third-order valence-corrected chi connectivity index (χ3v) is 2.34. The van der Waals surface area contributed by atoms with E-state index in [-0.39, 0.29) is 5.28 Å². The van der Waals surface area contributed by atoms with E-state index in [1.165, 1.54) is 11.1 Å². The molecule has 2 rings (SSSR count). The maximum atomic E-state index is 5.55. The predicted octanol–water partition coefficient (Wildman–Crippen LogP) is 2.82. The molecule has 4 heteroatoms. The Balaban J connectivity index is 1.96. The van der Waals surface area contributed by atoms with Gasteiger partial charge in [-0.3, -0.25) is 0 Å². The molecule has 0 radical (unpaired) electrons. The lowest BCUT2D eigenvalue weighted by molar-refractivity contribution is 0.377. The van der Waals surface area contributed by atoms with Crippen LogP contribution >= 0.6 is 11.6 Å². The van der Waals surface area contributed by atoms with Crippen LogP contribution in [-0.4, -0.2) is 10.1 Å². The Kier molecular flexibility index (Phi) is 3.02. The summed E-state index contributed by atoms with van der Waals surface area (Å²) in [5.74, 6) is 0.584. The number of nitrogens with zero attached hydrogens (tertiary/aromatic N) is 2. The van der Waals surface area contributed by atoms with Gasteiger partial charge in [-0.05, 0) is 35.7 Å². The molecule has 0 saturated carbocycles. The van der Waals surface area contributed by atoms with Gasteiger partial charge in [0.05, 0.1) is 0 Å². The molecule has 2 aromatic rings. The number of aryl methyl sites for hydroxylation is 3. The zero-order valence-corrected chi connectivity index (χ0v) is 9.16. The van der Waals surface area contributed by atoms with Crippen molar-refractivity contribution in [3.05, 3.63) is 46.6 Å². The van der Waals surface area contributed by atoms with E-state index < -0.39 is 0 Å². The zero-order chi connectivity index (χ0) is 10.7. The summed E-state index contributed by atoms with van der Waals surface area (Å²) in [7, 11) is 0. The van der Waals surface area contributed by atoms with E-state index in [1.807, 2.05) is 0 Å². The molecule has 15 heavy (non-hydrogen) atoms. The summed E-state index contributed by atoms with van der Waals surface area (Å²) >= 11 is 5.55. The summed E-state index contributed by atoms with van der Waals surface area (Å²) < 4.78 is 4.92. The Morgan fingerprint density at radius 2 is 1.93 bits per heavy atom. The Bertz CT molecular complexity index is 436. The van der Waals surface area contributed by atoms with Gasteiger partial charge in [-0.15, -0.1) is 0 Å². The van der Waals surface area contributed by atoms with Crippen LogP contribution in [0, 0.1) is 6.92 Å². The maximum absolute atomic E-state index is 5.55. The second-order valence-corrected chi connectivity index (χ2v) is 3.78. The van der Waals surface area contributed by atoms with Crippen LogP contribution in [0.2, 0.25) is 5.28 Å². The lowest BCUT2D eigenvalue weighted by Gasteiger charge is -1.98. The number of hydrogen-bond donors (Lipinski definition) is 0. The molecule has 0 aliphatic rings. The van der Waals surface area contributed by atoms with E-state index >= 15 is 0 Å². The van der Waals surface area contributed by atoms with Gasteiger partial charge >= 0.3 is 0 Å². The number of rotatable bonds is 3. The van der Waals surface area contributed by atoms with Crippen LogP contribution in [0.25, 0.3) is 0 Å². The summed E-state index contributed by atoms with van der Waals surface area (Å²) in [5, 5.41) is 3.70. The molecule has 1 aromatic heterocycles. The van der Waals surface area contributed by atoms with Gasteiger partial charge in [0.2, 0.25) is 5.89 Å². The van der Waals surface area contributed by atoms with Gasteiger partial charge in [0.1, 0.15) is 0 Å². The zero-order valence-electron chi connectivity index (χ0n) is 8.40. The van der Waals surface area contributed by atoms with Crippen LogP contribution in [0.3, 0.4) is 0 Å². The fourth-order valence-corrected chi connectivity index (χ4v) is 1.47. The first kappa shape index (κ1) is 10.2. The summed E-state index contributed by atoms with van der Waals surface area (Å²) in [6, 6.07) is 8.40. The van der Waals surface area contributed by atoms with Crippen molar-refractivity contribution in [1.82, 2.24) is 10.1 Å². The fourth-order valence-electron chi connectivity index (χ4n) is 1.34. The predicted molar refractivity (Wildman–Crippen MR) is 57.9 cm³/mol. The lowest BCUT2D eigenvalue weighted by Crippen LogP contribution is -1.91. The highest BCUT2D eigenvalue weighted by Crippen LogP contribution is 2.09. The number of benzene rings is 1. The van der Waals surface area contributed by atoms with Gasteiger partial charge in [-0.25, -0.2) is 0 Å². The minimum Gasteiger partial charge on any atom is -0.338 e. The first-order valence-electron chi connectivity index (χ1n) is 4.77. The lowest BCUT2D eigenvalue weighted by atomic mass is 10.1. The van der Waals surface area contributed by atoms with Gasteiger partial charge < -0.3 is 4.52 Å². The molecule has 0 fully saturated rings. The van der Waals surface area contributed by atoms with E-state index in [2.05, 4.69) is 41.3 Å². The number of aromatic nitrogens is 2. The quantitative estimate of drug-likeness (QED) is 0.802. The van der Waals surface area contributed by atoms with Crippen molar-refractivity contribution in [2.24, 2.45) is 0 Å². The molecule has 0 aliphatic heterocycles. The summed E-state index contributed by atoms with van der Waals surface area (Å²) in [6.07, 6.45) is 1.61. The average molecular weight is 223 g/mol. The summed E-state index contributed by atoms with van der Waals surface area (Å²) in [5.41, 5.74) is 2.52. The summed E-state index contributed by atoms with van der Waals surface area (Å²) in [4.78, 5) is 3.93. The molecule has 0 amide bonds. The minimum absolute atomic E-state index is 0.175. The second kappa shape index (κ2) is 4.45. The van der Waals surface area contributed by atoms with Crippen molar-refractivity contribution in [2.75, 3.05) is 0 Å². The van der Waals surface area contributed by atoms with Gasteiger partial charge in [-0.2, -0.15) is 4.98 Å². The Hall–Kier alpha value is -1.35. The normalized spacial score (nSPS) is 10.5. The third-order valence-electron chi connectivity index (χ3n) is 2.19. The molecule has 1 heterocycles. The van der Waals surface area contributed by atoms with E-state index in [0.29, 0.717) is 5.89 Å². The molecular weight excluding hydrogens is 212 g/mol. The van der Waals surface area contributed by atoms with Crippen LogP contribution < -0.4 is 0 Å². The molecule has 0 unspecified atom stereocenters. The molecule has 1 aromatic carbocycles. The molecule has 0 N–H and O–H groups in total. The van der Waals surface area contributed by atoms with E-state index in [1.54, 1.807) is 0 Å². The first-order valence-corrected chi connectivity index (χ1v) is 5.15. The smallest absolute Gasteiger partial charge is 0.263 e. The molecule has 3 nitrogen and oxygen atoms in total. The topological polar surface area (TPSA) is 38.9 Å². The molecule has 0 saturated heterocycles. The van der Waals surface area contributed by atoms with Crippen LogP contribution in [0.4, 0.5) is 0 Å². The average Bonchev–Trinajstić information content (AvgIpc) is 2.64. The highest BCUT2D eigenvalue weighted by atomic mass is 35.5. The van der Waals surface area contributed by atoms with Crippen molar-refractivity contribution >= 4 is 11.6 Å². The van der Waals surface area contributed by atoms with E-state index in [9.17, 15) is 0 Å². The highest BCUT2D eigenvalue weighted by Gasteiger charge is 2.03. The van der Waals surface area contributed by atoms with E-state index in [4.69, 9.17) is 16.1 Å². The minimum atomic E-state index is 0.175. The van der Waals surface area contributed by atoms with Crippen LogP contribution in [0.1, 0.15) is 17.0 Å². The SMILES string of the molecule is Cc1ccc(CCc2nc(Cl)no2)cc1. The number of halogens is 1. The summed E-state index contributed by atoms with van der Waals surface area (Å²) in [6.45, 7) is 2.07. The molecule has 0 atom stereocenters. The largest absolute Gasteiger partial charge is 0.338 e. The standard InChI is InChI=1S/C11H11ClN2O/c1-8-2-4-9(5-3-8)6-7-10-13-11(12)14-15-10/h2-5H,6-7H2,1H3. The molecule has 78 valence electrons. The van der Waals surface area contributed by atoms with Gasteiger partial charge in [-0.1, -0.05) is 29.8 Å². The molecule has 0 spiro atoms. The van der Waals surface area contributed by atoms with Crippen molar-refractivity contribution in [3.8, 4) is 0 Å².